The number of carbonyl (C=O) groups excluding carboxylic acids is 1. The van der Waals surface area contributed by atoms with Gasteiger partial charge in [0.15, 0.2) is 0 Å². The summed E-state index contributed by atoms with van der Waals surface area (Å²) in [6.45, 7) is 3.99. The molecule has 0 aliphatic heterocycles. The zero-order chi connectivity index (χ0) is 15.2. The molecule has 0 radical (unpaired) electrons. The predicted molar refractivity (Wildman–Crippen MR) is 93.4 cm³/mol. The van der Waals surface area contributed by atoms with E-state index in [-0.39, 0.29) is 11.2 Å². The van der Waals surface area contributed by atoms with Gasteiger partial charge in [0, 0.05) is 9.79 Å². The maximum absolute atomic E-state index is 12.3. The van der Waals surface area contributed by atoms with Crippen LogP contribution in [0.3, 0.4) is 0 Å². The predicted octanol–water partition coefficient (Wildman–Crippen LogP) is 4.84. The maximum atomic E-state index is 12.3. The maximum Gasteiger partial charge on any atom is 0.237 e. The first-order valence-corrected chi connectivity index (χ1v) is 8.88. The number of rotatable bonds is 5. The third-order valence-corrected chi connectivity index (χ3v) is 4.98. The molecule has 0 spiro atoms. The van der Waals surface area contributed by atoms with Gasteiger partial charge < -0.3 is 5.32 Å². The van der Waals surface area contributed by atoms with Crippen molar-refractivity contribution in [2.24, 2.45) is 0 Å². The van der Waals surface area contributed by atoms with E-state index in [0.29, 0.717) is 0 Å². The Labute approximate surface area is 134 Å². The van der Waals surface area contributed by atoms with Gasteiger partial charge in [-0.25, -0.2) is 0 Å². The van der Waals surface area contributed by atoms with E-state index in [9.17, 15) is 4.79 Å². The summed E-state index contributed by atoms with van der Waals surface area (Å²) in [5.41, 5.74) is 2.11. The lowest BCUT2D eigenvalue weighted by atomic mass is 10.2. The molecule has 110 valence electrons. The summed E-state index contributed by atoms with van der Waals surface area (Å²) in [7, 11) is 0. The normalized spacial score (nSPS) is 12.0. The topological polar surface area (TPSA) is 29.1 Å². The Hall–Kier alpha value is -1.39. The van der Waals surface area contributed by atoms with Crippen LogP contribution in [0.4, 0.5) is 5.69 Å². The highest BCUT2D eigenvalue weighted by Crippen LogP contribution is 2.27. The summed E-state index contributed by atoms with van der Waals surface area (Å²) in [5, 5.41) is 2.88. The lowest BCUT2D eigenvalue weighted by Crippen LogP contribution is -2.22. The highest BCUT2D eigenvalue weighted by molar-refractivity contribution is 8.00. The number of hydrogen-bond acceptors (Lipinski definition) is 3. The van der Waals surface area contributed by atoms with Crippen molar-refractivity contribution in [2.75, 3.05) is 11.6 Å². The van der Waals surface area contributed by atoms with Crippen LogP contribution in [-0.4, -0.2) is 17.4 Å². The van der Waals surface area contributed by atoms with Gasteiger partial charge in [0.25, 0.3) is 0 Å². The first-order chi connectivity index (χ1) is 10.1. The van der Waals surface area contributed by atoms with E-state index in [1.54, 1.807) is 23.5 Å². The molecule has 1 atom stereocenters. The second-order valence-corrected chi connectivity index (χ2v) is 7.02. The molecule has 0 heterocycles. The Morgan fingerprint density at radius 2 is 1.76 bits per heavy atom. The lowest BCUT2D eigenvalue weighted by molar-refractivity contribution is -0.115. The van der Waals surface area contributed by atoms with E-state index in [2.05, 4.69) is 36.5 Å². The fourth-order valence-electron chi connectivity index (χ4n) is 1.86. The molecule has 0 fully saturated rings. The van der Waals surface area contributed by atoms with Crippen LogP contribution in [0.1, 0.15) is 12.5 Å². The van der Waals surface area contributed by atoms with Gasteiger partial charge in [-0.1, -0.05) is 29.8 Å². The van der Waals surface area contributed by atoms with Crippen molar-refractivity contribution < 1.29 is 4.79 Å². The number of aryl methyl sites for hydroxylation is 1. The van der Waals surface area contributed by atoms with Crippen molar-refractivity contribution in [2.45, 2.75) is 28.9 Å². The Morgan fingerprint density at radius 1 is 1.10 bits per heavy atom. The second kappa shape index (κ2) is 7.57. The summed E-state index contributed by atoms with van der Waals surface area (Å²) in [6.07, 6.45) is 2.01. The van der Waals surface area contributed by atoms with Crippen molar-refractivity contribution in [1.29, 1.82) is 0 Å². The Balaban J connectivity index is 2.01. The summed E-state index contributed by atoms with van der Waals surface area (Å²) in [6, 6.07) is 16.1. The van der Waals surface area contributed by atoms with E-state index in [4.69, 9.17) is 0 Å². The van der Waals surface area contributed by atoms with E-state index in [1.807, 2.05) is 37.4 Å². The SMILES string of the molecule is CSc1ccccc1NC(=O)[C@@H](C)Sc1ccc(C)cc1. The average molecular weight is 317 g/mol. The molecule has 2 rings (SSSR count). The summed E-state index contributed by atoms with van der Waals surface area (Å²) < 4.78 is 0. The minimum absolute atomic E-state index is 0.0297. The molecular weight excluding hydrogens is 298 g/mol. The number of hydrogen-bond donors (Lipinski definition) is 1. The summed E-state index contributed by atoms with van der Waals surface area (Å²) in [5.74, 6) is 0.0297. The standard InChI is InChI=1S/C17H19NOS2/c1-12-8-10-14(11-9-12)21-13(2)17(19)18-15-6-4-5-7-16(15)20-3/h4-11,13H,1-3H3,(H,18,19)/t13-/m1/s1. The molecule has 2 aromatic rings. The number of anilines is 1. The first kappa shape index (κ1) is 16.0. The molecule has 4 heteroatoms. The molecule has 2 nitrogen and oxygen atoms in total. The Morgan fingerprint density at radius 3 is 2.43 bits per heavy atom. The molecule has 0 aliphatic rings. The smallest absolute Gasteiger partial charge is 0.237 e. The summed E-state index contributed by atoms with van der Waals surface area (Å²) in [4.78, 5) is 14.5. The van der Waals surface area contributed by atoms with E-state index in [1.165, 1.54) is 5.56 Å². The molecule has 0 saturated heterocycles. The first-order valence-electron chi connectivity index (χ1n) is 6.77. The minimum atomic E-state index is -0.136. The number of nitrogens with one attached hydrogen (secondary N) is 1. The third-order valence-electron chi connectivity index (χ3n) is 3.07. The van der Waals surface area contributed by atoms with Gasteiger partial charge in [-0.3, -0.25) is 4.79 Å². The van der Waals surface area contributed by atoms with E-state index in [0.717, 1.165) is 15.5 Å². The Bertz CT molecular complexity index is 610. The molecule has 0 unspecified atom stereocenters. The average Bonchev–Trinajstić information content (AvgIpc) is 2.50. The van der Waals surface area contributed by atoms with E-state index >= 15 is 0 Å². The highest BCUT2D eigenvalue weighted by atomic mass is 32.2. The zero-order valence-corrected chi connectivity index (χ0v) is 14.1. The number of amides is 1. The van der Waals surface area contributed by atoms with Gasteiger partial charge in [0.05, 0.1) is 10.9 Å². The number of carbonyl (C=O) groups is 1. The fraction of sp³-hybridized carbons (Fsp3) is 0.235. The fourth-order valence-corrected chi connectivity index (χ4v) is 3.28. The van der Waals surface area contributed by atoms with Crippen LogP contribution in [0.15, 0.2) is 58.3 Å². The van der Waals surface area contributed by atoms with Crippen molar-refractivity contribution in [3.63, 3.8) is 0 Å². The minimum Gasteiger partial charge on any atom is -0.324 e. The van der Waals surface area contributed by atoms with Gasteiger partial charge in [0.2, 0.25) is 5.91 Å². The quantitative estimate of drug-likeness (QED) is 0.800. The van der Waals surface area contributed by atoms with Crippen molar-refractivity contribution in [1.82, 2.24) is 0 Å². The summed E-state index contributed by atoms with van der Waals surface area (Å²) >= 11 is 3.21. The number of benzene rings is 2. The molecule has 0 aromatic heterocycles. The Kier molecular flexibility index (Phi) is 5.76. The molecule has 2 aromatic carbocycles. The van der Waals surface area contributed by atoms with Gasteiger partial charge in [0.1, 0.15) is 0 Å². The van der Waals surface area contributed by atoms with Crippen LogP contribution < -0.4 is 5.32 Å². The van der Waals surface area contributed by atoms with Gasteiger partial charge >= 0.3 is 0 Å². The van der Waals surface area contributed by atoms with Crippen LogP contribution in [0.25, 0.3) is 0 Å². The van der Waals surface area contributed by atoms with Crippen molar-refractivity contribution in [3.05, 3.63) is 54.1 Å². The highest BCUT2D eigenvalue weighted by Gasteiger charge is 2.15. The number of thioether (sulfide) groups is 2. The monoisotopic (exact) mass is 317 g/mol. The van der Waals surface area contributed by atoms with Gasteiger partial charge in [-0.15, -0.1) is 23.5 Å². The second-order valence-electron chi connectivity index (χ2n) is 4.76. The van der Waals surface area contributed by atoms with Crippen LogP contribution >= 0.6 is 23.5 Å². The largest absolute Gasteiger partial charge is 0.324 e. The van der Waals surface area contributed by atoms with Crippen LogP contribution in [0.2, 0.25) is 0 Å². The van der Waals surface area contributed by atoms with Gasteiger partial charge in [-0.05, 0) is 44.4 Å². The van der Waals surface area contributed by atoms with Crippen LogP contribution in [0, 0.1) is 6.92 Å². The molecule has 1 amide bonds. The third kappa shape index (κ3) is 4.55. The van der Waals surface area contributed by atoms with Crippen molar-refractivity contribution >= 4 is 35.1 Å². The molecule has 0 aliphatic carbocycles. The number of para-hydroxylation sites is 1. The zero-order valence-electron chi connectivity index (χ0n) is 12.4. The molecular formula is C17H19NOS2. The van der Waals surface area contributed by atoms with Crippen LogP contribution in [0.5, 0.6) is 0 Å². The molecule has 0 bridgehead atoms. The van der Waals surface area contributed by atoms with Crippen LogP contribution in [-0.2, 0) is 4.79 Å². The van der Waals surface area contributed by atoms with Gasteiger partial charge in [-0.2, -0.15) is 0 Å². The lowest BCUT2D eigenvalue weighted by Gasteiger charge is -2.14. The van der Waals surface area contributed by atoms with E-state index < -0.39 is 0 Å². The molecule has 21 heavy (non-hydrogen) atoms. The molecule has 1 N–H and O–H groups in total. The molecule has 0 saturated carbocycles. The van der Waals surface area contributed by atoms with Crippen molar-refractivity contribution in [3.8, 4) is 0 Å².